The molecule has 1 atom stereocenters. The van der Waals surface area contributed by atoms with Crippen LogP contribution < -0.4 is 5.32 Å². The molecule has 0 aromatic carbocycles. The van der Waals surface area contributed by atoms with Crippen LogP contribution in [0.5, 0.6) is 0 Å². The number of hydrogen-bond donors (Lipinski definition) is 2. The molecule has 0 aromatic heterocycles. The summed E-state index contributed by atoms with van der Waals surface area (Å²) >= 11 is 16.0. The molecule has 0 bridgehead atoms. The predicted octanol–water partition coefficient (Wildman–Crippen LogP) is 1.84. The summed E-state index contributed by atoms with van der Waals surface area (Å²) in [5.41, 5.74) is -0.628. The first-order valence-electron chi connectivity index (χ1n) is 3.61. The number of alkyl halides is 3. The minimum atomic E-state index is -1.90. The van der Waals surface area contributed by atoms with E-state index in [0.29, 0.717) is 0 Å². The fourth-order valence-electron chi connectivity index (χ4n) is 0.423. The van der Waals surface area contributed by atoms with Crippen molar-refractivity contribution >= 4 is 40.7 Å². The zero-order chi connectivity index (χ0) is 10.9. The van der Waals surface area contributed by atoms with E-state index in [2.05, 4.69) is 5.32 Å². The lowest BCUT2D eigenvalue weighted by Gasteiger charge is -2.24. The third-order valence-electron chi connectivity index (χ3n) is 1.26. The summed E-state index contributed by atoms with van der Waals surface area (Å²) in [6, 6.07) is 0. The van der Waals surface area contributed by atoms with Gasteiger partial charge in [0, 0.05) is 5.41 Å². The molecule has 0 radical (unpaired) electrons. The Morgan fingerprint density at radius 1 is 1.31 bits per heavy atom. The molecule has 0 aliphatic carbocycles. The molecule has 6 heteroatoms. The van der Waals surface area contributed by atoms with E-state index in [1.165, 1.54) is 0 Å². The summed E-state index contributed by atoms with van der Waals surface area (Å²) in [5, 5.41) is 11.4. The van der Waals surface area contributed by atoms with Crippen molar-refractivity contribution in [3.63, 3.8) is 0 Å². The number of aliphatic hydroxyl groups is 1. The van der Waals surface area contributed by atoms with Crippen molar-refractivity contribution in [3.8, 4) is 0 Å². The minimum absolute atomic E-state index is 0.383. The van der Waals surface area contributed by atoms with E-state index in [1.807, 2.05) is 0 Å². The highest BCUT2D eigenvalue weighted by atomic mass is 35.6. The molecule has 0 aliphatic rings. The largest absolute Gasteiger partial charge is 0.369 e. The molecule has 0 fully saturated rings. The Labute approximate surface area is 92.3 Å². The lowest BCUT2D eigenvalue weighted by atomic mass is 9.96. The summed E-state index contributed by atoms with van der Waals surface area (Å²) in [6.07, 6.45) is -1.50. The van der Waals surface area contributed by atoms with Gasteiger partial charge in [0.05, 0.1) is 0 Å². The van der Waals surface area contributed by atoms with E-state index in [-0.39, 0.29) is 5.91 Å². The van der Waals surface area contributed by atoms with Crippen molar-refractivity contribution < 1.29 is 9.90 Å². The molecule has 2 N–H and O–H groups in total. The van der Waals surface area contributed by atoms with Crippen molar-refractivity contribution in [2.75, 3.05) is 0 Å². The molecule has 0 aliphatic heterocycles. The van der Waals surface area contributed by atoms with Gasteiger partial charge in [-0.25, -0.2) is 0 Å². The van der Waals surface area contributed by atoms with Gasteiger partial charge < -0.3 is 10.4 Å². The fourth-order valence-corrected chi connectivity index (χ4v) is 0.586. The third-order valence-corrected chi connectivity index (χ3v) is 1.88. The summed E-state index contributed by atoms with van der Waals surface area (Å²) in [4.78, 5) is 11.3. The first-order chi connectivity index (χ1) is 5.55. The number of hydrogen-bond acceptors (Lipinski definition) is 2. The Bertz CT molecular complexity index is 195. The molecule has 3 nitrogen and oxygen atoms in total. The van der Waals surface area contributed by atoms with Crippen molar-refractivity contribution in [2.24, 2.45) is 5.41 Å². The molecule has 0 saturated carbocycles. The number of aliphatic hydroxyl groups excluding tert-OH is 1. The average Bonchev–Trinajstić information content (AvgIpc) is 1.82. The van der Waals surface area contributed by atoms with E-state index in [9.17, 15) is 9.90 Å². The Morgan fingerprint density at radius 3 is 1.92 bits per heavy atom. The summed E-state index contributed by atoms with van der Waals surface area (Å²) in [5.74, 6) is -0.383. The van der Waals surface area contributed by atoms with Gasteiger partial charge in [0.15, 0.2) is 6.23 Å². The molecule has 0 saturated heterocycles. The normalized spacial score (nSPS) is 15.3. The van der Waals surface area contributed by atoms with Crippen LogP contribution in [0.3, 0.4) is 0 Å². The van der Waals surface area contributed by atoms with Crippen molar-refractivity contribution in [1.29, 1.82) is 0 Å². The van der Waals surface area contributed by atoms with Gasteiger partial charge >= 0.3 is 0 Å². The van der Waals surface area contributed by atoms with Crippen molar-refractivity contribution in [2.45, 2.75) is 30.8 Å². The molecule has 1 amide bonds. The van der Waals surface area contributed by atoms with Crippen LogP contribution in [0.25, 0.3) is 0 Å². The predicted molar refractivity (Wildman–Crippen MR) is 53.9 cm³/mol. The topological polar surface area (TPSA) is 49.3 Å². The van der Waals surface area contributed by atoms with Gasteiger partial charge in [-0.3, -0.25) is 4.79 Å². The Balaban J connectivity index is 4.24. The number of carbonyl (C=O) groups is 1. The second-order valence-electron chi connectivity index (χ2n) is 3.67. The second-order valence-corrected chi connectivity index (χ2v) is 6.04. The van der Waals surface area contributed by atoms with Gasteiger partial charge in [-0.15, -0.1) is 0 Å². The number of rotatable bonds is 1. The molecule has 0 heterocycles. The van der Waals surface area contributed by atoms with Crippen LogP contribution in [0.1, 0.15) is 20.8 Å². The maximum absolute atomic E-state index is 11.3. The SMILES string of the molecule is CC(C)(C)C(=O)N[C@@H](O)C(Cl)(Cl)Cl. The quantitative estimate of drug-likeness (QED) is 0.549. The van der Waals surface area contributed by atoms with E-state index in [0.717, 1.165) is 0 Å². The highest BCUT2D eigenvalue weighted by Gasteiger charge is 2.34. The van der Waals surface area contributed by atoms with E-state index in [4.69, 9.17) is 34.8 Å². The molecule has 0 rings (SSSR count). The Morgan fingerprint density at radius 2 is 1.69 bits per heavy atom. The first-order valence-corrected chi connectivity index (χ1v) is 4.74. The smallest absolute Gasteiger partial charge is 0.234 e. The molecule has 0 unspecified atom stereocenters. The van der Waals surface area contributed by atoms with Crippen LogP contribution in [0.4, 0.5) is 0 Å². The average molecular weight is 249 g/mol. The van der Waals surface area contributed by atoms with Gasteiger partial charge in [-0.05, 0) is 0 Å². The van der Waals surface area contributed by atoms with E-state index >= 15 is 0 Å². The lowest BCUT2D eigenvalue weighted by Crippen LogP contribution is -2.47. The lowest BCUT2D eigenvalue weighted by molar-refractivity contribution is -0.131. The number of amides is 1. The second kappa shape index (κ2) is 4.22. The van der Waals surface area contributed by atoms with Gasteiger partial charge in [0.1, 0.15) is 0 Å². The van der Waals surface area contributed by atoms with Crippen LogP contribution in [-0.2, 0) is 4.79 Å². The maximum Gasteiger partial charge on any atom is 0.234 e. The van der Waals surface area contributed by atoms with E-state index < -0.39 is 15.4 Å². The van der Waals surface area contributed by atoms with Gasteiger partial charge in [-0.1, -0.05) is 55.6 Å². The summed E-state index contributed by atoms with van der Waals surface area (Å²) in [6.45, 7) is 5.06. The maximum atomic E-state index is 11.3. The van der Waals surface area contributed by atoms with Crippen LogP contribution in [-0.4, -0.2) is 21.0 Å². The highest BCUT2D eigenvalue weighted by molar-refractivity contribution is 6.68. The fraction of sp³-hybridized carbons (Fsp3) is 0.857. The molecular formula is C7H12Cl3NO2. The molecule has 78 valence electrons. The number of carbonyl (C=O) groups excluding carboxylic acids is 1. The van der Waals surface area contributed by atoms with E-state index in [1.54, 1.807) is 20.8 Å². The first kappa shape index (κ1) is 13.3. The van der Waals surface area contributed by atoms with Crippen molar-refractivity contribution in [3.05, 3.63) is 0 Å². The molecule has 0 spiro atoms. The summed E-state index contributed by atoms with van der Waals surface area (Å²) < 4.78 is -1.90. The zero-order valence-electron chi connectivity index (χ0n) is 7.57. The Kier molecular flexibility index (Phi) is 4.31. The number of nitrogens with one attached hydrogen (secondary N) is 1. The summed E-state index contributed by atoms with van der Waals surface area (Å²) in [7, 11) is 0. The third kappa shape index (κ3) is 4.91. The van der Waals surface area contributed by atoms with Crippen LogP contribution in [0, 0.1) is 5.41 Å². The molecular weight excluding hydrogens is 236 g/mol. The van der Waals surface area contributed by atoms with Gasteiger partial charge in [-0.2, -0.15) is 0 Å². The van der Waals surface area contributed by atoms with Crippen LogP contribution >= 0.6 is 34.8 Å². The molecule has 13 heavy (non-hydrogen) atoms. The molecule has 0 aromatic rings. The Hall–Kier alpha value is 0.300. The van der Waals surface area contributed by atoms with Crippen molar-refractivity contribution in [1.82, 2.24) is 5.32 Å². The standard InChI is InChI=1S/C7H12Cl3NO2/c1-6(2,3)4(12)11-5(13)7(8,9)10/h5,13H,1-3H3,(H,11,12)/t5-/m0/s1. The number of halogens is 3. The van der Waals surface area contributed by atoms with Gasteiger partial charge in [0.2, 0.25) is 9.70 Å². The van der Waals surface area contributed by atoms with Gasteiger partial charge in [0.25, 0.3) is 0 Å². The monoisotopic (exact) mass is 247 g/mol. The minimum Gasteiger partial charge on any atom is -0.369 e. The van der Waals surface area contributed by atoms with Crippen LogP contribution in [0.15, 0.2) is 0 Å². The zero-order valence-corrected chi connectivity index (χ0v) is 9.83. The van der Waals surface area contributed by atoms with Crippen LogP contribution in [0.2, 0.25) is 0 Å². The highest BCUT2D eigenvalue weighted by Crippen LogP contribution is 2.29.